The summed E-state index contributed by atoms with van der Waals surface area (Å²) in [4.78, 5) is 4.41. The highest BCUT2D eigenvalue weighted by atomic mass is 16.3. The number of aliphatic hydroxyl groups is 1. The van der Waals surface area contributed by atoms with Gasteiger partial charge in [-0.05, 0) is 48.8 Å². The fourth-order valence-corrected chi connectivity index (χ4v) is 3.59. The Balaban J connectivity index is 1.93. The summed E-state index contributed by atoms with van der Waals surface area (Å²) < 4.78 is 0. The number of rotatable bonds is 2. The van der Waals surface area contributed by atoms with Gasteiger partial charge in [-0.15, -0.1) is 0 Å². The Kier molecular flexibility index (Phi) is 3.51. The molecule has 2 heteroatoms. The third-order valence-electron chi connectivity index (χ3n) is 4.98. The first-order valence-corrected chi connectivity index (χ1v) is 7.63. The van der Waals surface area contributed by atoms with E-state index in [1.807, 2.05) is 24.4 Å². The number of nitrogens with zero attached hydrogens (tertiary/aromatic N) is 1. The average molecular weight is 269 g/mol. The zero-order valence-electron chi connectivity index (χ0n) is 12.3. The van der Waals surface area contributed by atoms with Crippen LogP contribution >= 0.6 is 0 Å². The summed E-state index contributed by atoms with van der Waals surface area (Å²) >= 11 is 0. The second-order valence-electron chi connectivity index (χ2n) is 6.55. The van der Waals surface area contributed by atoms with Crippen LogP contribution in [0.4, 0.5) is 0 Å². The lowest BCUT2D eigenvalue weighted by molar-refractivity contribution is -0.0519. The Morgan fingerprint density at radius 3 is 2.85 bits per heavy atom. The highest BCUT2D eigenvalue weighted by Crippen LogP contribution is 2.39. The Bertz CT molecular complexity index is 604. The van der Waals surface area contributed by atoms with Gasteiger partial charge in [-0.3, -0.25) is 4.98 Å². The lowest BCUT2D eigenvalue weighted by atomic mass is 9.69. The summed E-state index contributed by atoms with van der Waals surface area (Å²) in [5.74, 6) is 1.10. The zero-order valence-corrected chi connectivity index (χ0v) is 12.3. The quantitative estimate of drug-likeness (QED) is 0.895. The second kappa shape index (κ2) is 5.17. The smallest absolute Gasteiger partial charge is 0.0713 e. The summed E-state index contributed by atoms with van der Waals surface area (Å²) in [7, 11) is 0. The molecule has 2 aromatic rings. The van der Waals surface area contributed by atoms with Crippen molar-refractivity contribution in [3.63, 3.8) is 0 Å². The zero-order chi connectivity index (χ0) is 14.2. The highest BCUT2D eigenvalue weighted by molar-refractivity contribution is 5.81. The van der Waals surface area contributed by atoms with E-state index in [1.165, 1.54) is 10.9 Å². The van der Waals surface area contributed by atoms with E-state index >= 15 is 0 Å². The Labute approximate surface area is 120 Å². The first-order valence-electron chi connectivity index (χ1n) is 7.63. The molecule has 3 rings (SSSR count). The minimum atomic E-state index is -0.559. The molecule has 1 saturated carbocycles. The Hall–Kier alpha value is -1.41. The van der Waals surface area contributed by atoms with Crippen molar-refractivity contribution in [3.8, 4) is 0 Å². The molecule has 0 saturated heterocycles. The SMILES string of the molecule is CC1CCC(O)(Cc2ccnc3ccccc23)C(C)C1. The van der Waals surface area contributed by atoms with Crippen LogP contribution in [0, 0.1) is 11.8 Å². The van der Waals surface area contributed by atoms with Gasteiger partial charge < -0.3 is 5.11 Å². The van der Waals surface area contributed by atoms with Gasteiger partial charge in [-0.2, -0.15) is 0 Å². The molecule has 1 aromatic carbocycles. The standard InChI is InChI=1S/C18H23NO/c1-13-7-9-18(20,14(2)11-13)12-15-8-10-19-17-6-4-3-5-16(15)17/h3-6,8,10,13-14,20H,7,9,11-12H2,1-2H3. The molecule has 3 unspecified atom stereocenters. The maximum atomic E-state index is 11.1. The molecule has 0 amide bonds. The van der Waals surface area contributed by atoms with Crippen LogP contribution in [-0.2, 0) is 6.42 Å². The second-order valence-corrected chi connectivity index (χ2v) is 6.55. The molecule has 0 spiro atoms. The van der Waals surface area contributed by atoms with Crippen LogP contribution in [0.1, 0.15) is 38.7 Å². The van der Waals surface area contributed by atoms with Crippen molar-refractivity contribution >= 4 is 10.9 Å². The highest BCUT2D eigenvalue weighted by Gasteiger charge is 2.38. The maximum Gasteiger partial charge on any atom is 0.0713 e. The van der Waals surface area contributed by atoms with Gasteiger partial charge in [0.1, 0.15) is 0 Å². The summed E-state index contributed by atoms with van der Waals surface area (Å²) in [6.45, 7) is 4.48. The average Bonchev–Trinajstić information content (AvgIpc) is 2.44. The predicted molar refractivity (Wildman–Crippen MR) is 82.6 cm³/mol. The van der Waals surface area contributed by atoms with Crippen molar-refractivity contribution in [2.24, 2.45) is 11.8 Å². The van der Waals surface area contributed by atoms with E-state index in [0.29, 0.717) is 5.92 Å². The van der Waals surface area contributed by atoms with E-state index in [1.54, 1.807) is 0 Å². The van der Waals surface area contributed by atoms with Crippen LogP contribution in [0.15, 0.2) is 36.5 Å². The van der Waals surface area contributed by atoms with E-state index in [2.05, 4.69) is 31.0 Å². The summed E-state index contributed by atoms with van der Waals surface area (Å²) in [5.41, 5.74) is 1.68. The van der Waals surface area contributed by atoms with Gasteiger partial charge in [-0.25, -0.2) is 0 Å². The van der Waals surface area contributed by atoms with Gasteiger partial charge in [0.15, 0.2) is 0 Å². The Morgan fingerprint density at radius 1 is 1.25 bits per heavy atom. The van der Waals surface area contributed by atoms with Crippen molar-refractivity contribution in [3.05, 3.63) is 42.1 Å². The molecule has 3 atom stereocenters. The predicted octanol–water partition coefficient (Wildman–Crippen LogP) is 3.96. The molecule has 1 fully saturated rings. The van der Waals surface area contributed by atoms with Gasteiger partial charge in [0.25, 0.3) is 0 Å². The number of hydrogen-bond acceptors (Lipinski definition) is 2. The van der Waals surface area contributed by atoms with Gasteiger partial charge in [0.05, 0.1) is 11.1 Å². The van der Waals surface area contributed by atoms with Gasteiger partial charge in [0, 0.05) is 18.0 Å². The molecular formula is C18H23NO. The Morgan fingerprint density at radius 2 is 2.05 bits per heavy atom. The van der Waals surface area contributed by atoms with Gasteiger partial charge in [-0.1, -0.05) is 32.0 Å². The molecule has 106 valence electrons. The van der Waals surface area contributed by atoms with E-state index in [-0.39, 0.29) is 0 Å². The topological polar surface area (TPSA) is 33.1 Å². The van der Waals surface area contributed by atoms with Crippen molar-refractivity contribution in [2.75, 3.05) is 0 Å². The normalized spacial score (nSPS) is 30.6. The van der Waals surface area contributed by atoms with E-state index in [9.17, 15) is 5.11 Å². The van der Waals surface area contributed by atoms with Crippen molar-refractivity contribution in [1.29, 1.82) is 0 Å². The van der Waals surface area contributed by atoms with Crippen molar-refractivity contribution in [2.45, 2.75) is 45.1 Å². The number of benzene rings is 1. The van der Waals surface area contributed by atoms with E-state index in [4.69, 9.17) is 0 Å². The summed E-state index contributed by atoms with van der Waals surface area (Å²) in [5, 5.41) is 12.2. The lowest BCUT2D eigenvalue weighted by Crippen LogP contribution is -2.43. The molecule has 20 heavy (non-hydrogen) atoms. The van der Waals surface area contributed by atoms with Crippen LogP contribution in [0.5, 0.6) is 0 Å². The molecular weight excluding hydrogens is 246 g/mol. The fourth-order valence-electron chi connectivity index (χ4n) is 3.59. The van der Waals surface area contributed by atoms with Crippen molar-refractivity contribution < 1.29 is 5.11 Å². The van der Waals surface area contributed by atoms with Gasteiger partial charge in [0.2, 0.25) is 0 Å². The van der Waals surface area contributed by atoms with Crippen LogP contribution < -0.4 is 0 Å². The molecule has 1 heterocycles. The minimum absolute atomic E-state index is 0.359. The van der Waals surface area contributed by atoms with E-state index in [0.717, 1.165) is 37.1 Å². The minimum Gasteiger partial charge on any atom is -0.389 e. The van der Waals surface area contributed by atoms with Crippen LogP contribution in [0.3, 0.4) is 0 Å². The molecule has 0 bridgehead atoms. The number of fused-ring (bicyclic) bond motifs is 1. The first kappa shape index (κ1) is 13.6. The molecule has 1 aromatic heterocycles. The molecule has 1 aliphatic carbocycles. The van der Waals surface area contributed by atoms with Crippen LogP contribution in [0.2, 0.25) is 0 Å². The summed E-state index contributed by atoms with van der Waals surface area (Å²) in [6.07, 6.45) is 5.76. The number of pyridine rings is 1. The molecule has 0 radical (unpaired) electrons. The summed E-state index contributed by atoms with van der Waals surface area (Å²) in [6, 6.07) is 10.3. The van der Waals surface area contributed by atoms with Crippen LogP contribution in [0.25, 0.3) is 10.9 Å². The number of hydrogen-bond donors (Lipinski definition) is 1. The lowest BCUT2D eigenvalue weighted by Gasteiger charge is -2.41. The molecule has 2 nitrogen and oxygen atoms in total. The number of para-hydroxylation sites is 1. The fraction of sp³-hybridized carbons (Fsp3) is 0.500. The van der Waals surface area contributed by atoms with Crippen molar-refractivity contribution in [1.82, 2.24) is 4.98 Å². The number of aromatic nitrogens is 1. The largest absolute Gasteiger partial charge is 0.389 e. The third kappa shape index (κ3) is 2.45. The third-order valence-corrected chi connectivity index (χ3v) is 4.98. The van der Waals surface area contributed by atoms with Crippen LogP contribution in [-0.4, -0.2) is 15.7 Å². The first-order chi connectivity index (χ1) is 9.58. The monoisotopic (exact) mass is 269 g/mol. The molecule has 1 aliphatic rings. The maximum absolute atomic E-state index is 11.1. The molecule has 1 N–H and O–H groups in total. The molecule has 0 aliphatic heterocycles. The van der Waals surface area contributed by atoms with E-state index < -0.39 is 5.60 Å². The van der Waals surface area contributed by atoms with Gasteiger partial charge >= 0.3 is 0 Å².